The highest BCUT2D eigenvalue weighted by Crippen LogP contribution is 2.34. The molecule has 1 fully saturated rings. The number of rotatable bonds is 8. The molecule has 2 aromatic carbocycles. The van der Waals surface area contributed by atoms with Crippen LogP contribution in [0.4, 0.5) is 0 Å². The lowest BCUT2D eigenvalue weighted by molar-refractivity contribution is -0.116. The van der Waals surface area contributed by atoms with Gasteiger partial charge in [-0.25, -0.2) is 4.98 Å². The van der Waals surface area contributed by atoms with E-state index in [1.165, 1.54) is 28.5 Å². The largest absolute Gasteiger partial charge is 0.362 e. The number of nitrogens with zero attached hydrogens (tertiary/aromatic N) is 3. The summed E-state index contributed by atoms with van der Waals surface area (Å²) in [7, 11) is 0. The molecule has 1 saturated heterocycles. The van der Waals surface area contributed by atoms with Crippen LogP contribution in [0.15, 0.2) is 88.9 Å². The fourth-order valence-electron chi connectivity index (χ4n) is 5.57. The quantitative estimate of drug-likeness (QED) is 0.204. The molecule has 6 rings (SSSR count). The zero-order chi connectivity index (χ0) is 26.6. The zero-order valence-corrected chi connectivity index (χ0v) is 23.5. The second-order valence-electron chi connectivity index (χ2n) is 10.3. The van der Waals surface area contributed by atoms with E-state index in [1.807, 2.05) is 30.5 Å². The number of nitrogens with one attached hydrogen (secondary N) is 1. The van der Waals surface area contributed by atoms with Gasteiger partial charge in [-0.05, 0) is 67.4 Å². The SMILES string of the molecule is O=C(NCCCC1CCN(C(=S)c2ccccc2Cc2ccccc2)CC1)C1=Cc2cnc3cccc(n23)S1. The van der Waals surface area contributed by atoms with Crippen molar-refractivity contribution in [1.82, 2.24) is 19.6 Å². The van der Waals surface area contributed by atoms with E-state index in [0.717, 1.165) is 71.5 Å². The summed E-state index contributed by atoms with van der Waals surface area (Å²) < 4.78 is 2.08. The minimum absolute atomic E-state index is 0.00112. The van der Waals surface area contributed by atoms with Gasteiger partial charge in [0.2, 0.25) is 0 Å². The van der Waals surface area contributed by atoms with E-state index >= 15 is 0 Å². The molecule has 198 valence electrons. The topological polar surface area (TPSA) is 49.6 Å². The van der Waals surface area contributed by atoms with Gasteiger partial charge in [0, 0.05) is 25.2 Å². The third-order valence-corrected chi connectivity index (χ3v) is 9.23. The number of carbonyl (C=O) groups excluding carboxylic acids is 1. The number of hydrogen-bond donors (Lipinski definition) is 1. The lowest BCUT2D eigenvalue weighted by atomic mass is 9.91. The van der Waals surface area contributed by atoms with Gasteiger partial charge in [0.25, 0.3) is 5.91 Å². The molecule has 4 heterocycles. The molecule has 39 heavy (non-hydrogen) atoms. The van der Waals surface area contributed by atoms with Crippen LogP contribution in [0.1, 0.15) is 48.1 Å². The summed E-state index contributed by atoms with van der Waals surface area (Å²) in [6, 6.07) is 25.2. The van der Waals surface area contributed by atoms with Crippen LogP contribution in [-0.2, 0) is 11.2 Å². The van der Waals surface area contributed by atoms with Gasteiger partial charge in [0.15, 0.2) is 0 Å². The van der Waals surface area contributed by atoms with Gasteiger partial charge in [0.05, 0.1) is 21.8 Å². The standard InChI is InChI=1S/C32H32N4OS2/c37-31(28-21-26-22-34-29-13-6-14-30(39-28)36(26)29)33-17-7-10-23-15-18-35(19-16-23)32(38)27-12-5-4-11-25(27)20-24-8-2-1-3-9-24/h1-6,8-9,11-14,21-23H,7,10,15-20H2,(H,33,37). The lowest BCUT2D eigenvalue weighted by Gasteiger charge is -2.34. The normalized spacial score (nSPS) is 15.3. The Kier molecular flexibility index (Phi) is 7.79. The molecule has 2 aliphatic rings. The van der Waals surface area contributed by atoms with Crippen LogP contribution in [0, 0.1) is 5.92 Å². The van der Waals surface area contributed by atoms with Gasteiger partial charge >= 0.3 is 0 Å². The first-order valence-corrected chi connectivity index (χ1v) is 14.9. The fourth-order valence-corrected chi connectivity index (χ4v) is 6.96. The van der Waals surface area contributed by atoms with Crippen LogP contribution in [0.5, 0.6) is 0 Å². The Morgan fingerprint density at radius 1 is 1.00 bits per heavy atom. The zero-order valence-electron chi connectivity index (χ0n) is 21.9. The number of imidazole rings is 1. The summed E-state index contributed by atoms with van der Waals surface area (Å²) in [5.74, 6) is 0.675. The minimum Gasteiger partial charge on any atom is -0.362 e. The number of likely N-dealkylation sites (tertiary alicyclic amines) is 1. The predicted molar refractivity (Wildman–Crippen MR) is 163 cm³/mol. The molecule has 0 unspecified atom stereocenters. The Morgan fingerprint density at radius 3 is 2.64 bits per heavy atom. The average Bonchev–Trinajstić information content (AvgIpc) is 3.40. The van der Waals surface area contributed by atoms with Crippen LogP contribution in [0.3, 0.4) is 0 Å². The summed E-state index contributed by atoms with van der Waals surface area (Å²) in [6.45, 7) is 2.70. The highest BCUT2D eigenvalue weighted by Gasteiger charge is 2.23. The third-order valence-electron chi connectivity index (χ3n) is 7.70. The maximum Gasteiger partial charge on any atom is 0.258 e. The first kappa shape index (κ1) is 25.8. The number of piperidine rings is 1. The van der Waals surface area contributed by atoms with Crippen molar-refractivity contribution in [3.63, 3.8) is 0 Å². The van der Waals surface area contributed by atoms with Crippen molar-refractivity contribution < 1.29 is 4.79 Å². The van der Waals surface area contributed by atoms with Crippen molar-refractivity contribution in [3.05, 3.63) is 106 Å². The lowest BCUT2D eigenvalue weighted by Crippen LogP contribution is -2.38. The van der Waals surface area contributed by atoms with Crippen LogP contribution in [0.25, 0.3) is 11.7 Å². The van der Waals surface area contributed by atoms with Crippen LogP contribution in [-0.4, -0.2) is 44.8 Å². The summed E-state index contributed by atoms with van der Waals surface area (Å²) >= 11 is 7.49. The first-order chi connectivity index (χ1) is 19.2. The molecule has 0 atom stereocenters. The molecule has 0 radical (unpaired) electrons. The Morgan fingerprint density at radius 2 is 1.79 bits per heavy atom. The smallest absolute Gasteiger partial charge is 0.258 e. The molecular formula is C32H32N4OS2. The molecule has 0 bridgehead atoms. The van der Waals surface area contributed by atoms with Gasteiger partial charge in [-0.15, -0.1) is 0 Å². The van der Waals surface area contributed by atoms with Gasteiger partial charge < -0.3 is 10.2 Å². The van der Waals surface area contributed by atoms with E-state index in [0.29, 0.717) is 12.5 Å². The second-order valence-corrected chi connectivity index (χ2v) is 11.8. The van der Waals surface area contributed by atoms with Crippen molar-refractivity contribution >= 4 is 46.6 Å². The average molecular weight is 553 g/mol. The second kappa shape index (κ2) is 11.8. The first-order valence-electron chi connectivity index (χ1n) is 13.7. The van der Waals surface area contributed by atoms with Gasteiger partial charge in [-0.3, -0.25) is 9.20 Å². The fraction of sp³-hybridized carbons (Fsp3) is 0.281. The molecule has 2 aliphatic heterocycles. The van der Waals surface area contributed by atoms with E-state index in [2.05, 4.69) is 74.2 Å². The maximum absolute atomic E-state index is 12.8. The van der Waals surface area contributed by atoms with Gasteiger partial charge in [0.1, 0.15) is 10.6 Å². The molecule has 1 amide bonds. The molecule has 0 saturated carbocycles. The van der Waals surface area contributed by atoms with Crippen molar-refractivity contribution in [2.24, 2.45) is 5.92 Å². The van der Waals surface area contributed by atoms with E-state index in [4.69, 9.17) is 12.2 Å². The highest BCUT2D eigenvalue weighted by molar-refractivity contribution is 8.04. The molecule has 0 aliphatic carbocycles. The number of pyridine rings is 1. The van der Waals surface area contributed by atoms with Crippen molar-refractivity contribution in [2.75, 3.05) is 19.6 Å². The van der Waals surface area contributed by atoms with Crippen molar-refractivity contribution in [1.29, 1.82) is 0 Å². The number of carbonyl (C=O) groups is 1. The Balaban J connectivity index is 0.960. The summed E-state index contributed by atoms with van der Waals surface area (Å²) in [4.78, 5) is 21.4. The van der Waals surface area contributed by atoms with Gasteiger partial charge in [-0.2, -0.15) is 0 Å². The summed E-state index contributed by atoms with van der Waals surface area (Å²) in [6.07, 6.45) is 9.06. The molecule has 0 spiro atoms. The van der Waals surface area contributed by atoms with E-state index in [-0.39, 0.29) is 5.91 Å². The number of benzene rings is 2. The Labute approximate surface area is 239 Å². The van der Waals surface area contributed by atoms with E-state index < -0.39 is 0 Å². The van der Waals surface area contributed by atoms with Crippen molar-refractivity contribution in [3.8, 4) is 0 Å². The van der Waals surface area contributed by atoms with E-state index in [1.54, 1.807) is 0 Å². The van der Waals surface area contributed by atoms with E-state index in [9.17, 15) is 4.79 Å². The molecular weight excluding hydrogens is 521 g/mol. The summed E-state index contributed by atoms with van der Waals surface area (Å²) in [5, 5.41) is 4.16. The van der Waals surface area contributed by atoms with Crippen LogP contribution >= 0.6 is 24.0 Å². The Hall–Kier alpha value is -3.42. The van der Waals surface area contributed by atoms with Crippen molar-refractivity contribution in [2.45, 2.75) is 37.1 Å². The molecule has 5 nitrogen and oxygen atoms in total. The monoisotopic (exact) mass is 552 g/mol. The Bertz CT molecular complexity index is 1520. The molecule has 7 heteroatoms. The predicted octanol–water partition coefficient (Wildman–Crippen LogP) is 6.36. The molecule has 2 aromatic heterocycles. The number of thioether (sulfide) groups is 1. The van der Waals surface area contributed by atoms with Gasteiger partial charge in [-0.1, -0.05) is 84.6 Å². The molecule has 4 aromatic rings. The number of amides is 1. The van der Waals surface area contributed by atoms with Crippen LogP contribution < -0.4 is 5.32 Å². The van der Waals surface area contributed by atoms with Crippen LogP contribution in [0.2, 0.25) is 0 Å². The minimum atomic E-state index is -0.00112. The number of hydrogen-bond acceptors (Lipinski definition) is 4. The number of thiocarbonyl (C=S) groups is 1. The third kappa shape index (κ3) is 5.80. The highest BCUT2D eigenvalue weighted by atomic mass is 32.2. The summed E-state index contributed by atoms with van der Waals surface area (Å²) in [5.41, 5.74) is 5.65. The molecule has 1 N–H and O–H groups in total. The maximum atomic E-state index is 12.8. The number of aromatic nitrogens is 2.